The van der Waals surface area contributed by atoms with E-state index in [9.17, 15) is 0 Å². The fraction of sp³-hybridized carbons (Fsp3) is 0.250. The third kappa shape index (κ3) is 3.25. The first-order valence-electron chi connectivity index (χ1n) is 5.40. The van der Waals surface area contributed by atoms with E-state index >= 15 is 0 Å². The summed E-state index contributed by atoms with van der Waals surface area (Å²) >= 11 is 1.47. The van der Waals surface area contributed by atoms with Crippen molar-refractivity contribution in [3.05, 3.63) is 41.9 Å². The van der Waals surface area contributed by atoms with Crippen molar-refractivity contribution in [2.75, 3.05) is 6.54 Å². The molecule has 2 aromatic heterocycles. The summed E-state index contributed by atoms with van der Waals surface area (Å²) < 4.78 is 0. The second-order valence-electron chi connectivity index (χ2n) is 3.65. The molecule has 88 valence electrons. The molecule has 5 heteroatoms. The van der Waals surface area contributed by atoms with Crippen LogP contribution in [0.25, 0.3) is 0 Å². The Kier molecular flexibility index (Phi) is 4.06. The quantitative estimate of drug-likeness (QED) is 0.834. The van der Waals surface area contributed by atoms with Gasteiger partial charge in [-0.15, -0.1) is 0 Å². The van der Waals surface area contributed by atoms with Gasteiger partial charge in [-0.1, -0.05) is 6.07 Å². The van der Waals surface area contributed by atoms with Gasteiger partial charge in [-0.25, -0.2) is 15.0 Å². The van der Waals surface area contributed by atoms with E-state index in [4.69, 9.17) is 5.73 Å². The normalized spacial score (nSPS) is 10.5. The van der Waals surface area contributed by atoms with Crippen molar-refractivity contribution in [3.63, 3.8) is 0 Å². The van der Waals surface area contributed by atoms with Crippen molar-refractivity contribution in [2.24, 2.45) is 5.73 Å². The van der Waals surface area contributed by atoms with Crippen molar-refractivity contribution in [1.82, 2.24) is 15.0 Å². The van der Waals surface area contributed by atoms with Crippen LogP contribution >= 0.6 is 11.8 Å². The zero-order chi connectivity index (χ0) is 12.1. The van der Waals surface area contributed by atoms with Gasteiger partial charge >= 0.3 is 0 Å². The molecule has 0 aliphatic carbocycles. The maximum Gasteiger partial charge on any atom is 0.193 e. The number of hydrogen-bond acceptors (Lipinski definition) is 5. The molecular formula is C12H14N4S. The molecular weight excluding hydrogens is 232 g/mol. The van der Waals surface area contributed by atoms with Gasteiger partial charge in [0.25, 0.3) is 0 Å². The van der Waals surface area contributed by atoms with E-state index in [0.29, 0.717) is 11.7 Å². The van der Waals surface area contributed by atoms with E-state index in [1.54, 1.807) is 18.6 Å². The van der Waals surface area contributed by atoms with Crippen LogP contribution in [-0.2, 0) is 6.42 Å². The van der Waals surface area contributed by atoms with Crippen LogP contribution in [0.2, 0.25) is 0 Å². The molecule has 0 saturated carbocycles. The monoisotopic (exact) mass is 246 g/mol. The molecule has 4 nitrogen and oxygen atoms in total. The zero-order valence-corrected chi connectivity index (χ0v) is 10.4. The number of nitrogens with two attached hydrogens (primary N) is 1. The number of nitrogens with zero attached hydrogens (tertiary/aromatic N) is 3. The predicted octanol–water partition coefficient (Wildman–Crippen LogP) is 1.83. The van der Waals surface area contributed by atoms with E-state index in [2.05, 4.69) is 15.0 Å². The molecule has 2 rings (SSSR count). The number of pyridine rings is 1. The van der Waals surface area contributed by atoms with Crippen LogP contribution in [0.5, 0.6) is 0 Å². The Morgan fingerprint density at radius 1 is 1.24 bits per heavy atom. The highest BCUT2D eigenvalue weighted by Crippen LogP contribution is 2.25. The molecule has 0 radical (unpaired) electrons. The highest BCUT2D eigenvalue weighted by Gasteiger charge is 2.06. The van der Waals surface area contributed by atoms with Gasteiger partial charge < -0.3 is 5.73 Å². The Hall–Kier alpha value is -1.46. The van der Waals surface area contributed by atoms with Crippen molar-refractivity contribution in [3.8, 4) is 0 Å². The van der Waals surface area contributed by atoms with Gasteiger partial charge in [0.15, 0.2) is 5.16 Å². The molecule has 0 aliphatic heterocycles. The average molecular weight is 246 g/mol. The number of aryl methyl sites for hydroxylation is 1. The van der Waals surface area contributed by atoms with E-state index in [0.717, 1.165) is 22.6 Å². The molecule has 0 unspecified atom stereocenters. The summed E-state index contributed by atoms with van der Waals surface area (Å²) in [5, 5.41) is 1.65. The molecule has 0 fully saturated rings. The molecule has 0 aliphatic rings. The molecule has 0 saturated heterocycles. The van der Waals surface area contributed by atoms with Crippen LogP contribution in [0.1, 0.15) is 11.1 Å². The highest BCUT2D eigenvalue weighted by atomic mass is 32.2. The van der Waals surface area contributed by atoms with Gasteiger partial charge in [0, 0.05) is 18.6 Å². The van der Waals surface area contributed by atoms with E-state index in [-0.39, 0.29) is 0 Å². The largest absolute Gasteiger partial charge is 0.330 e. The van der Waals surface area contributed by atoms with E-state index in [1.807, 2.05) is 19.1 Å². The molecule has 2 heterocycles. The van der Waals surface area contributed by atoms with Gasteiger partial charge in [0.2, 0.25) is 0 Å². The molecule has 0 amide bonds. The zero-order valence-electron chi connectivity index (χ0n) is 9.63. The molecule has 2 aromatic rings. The third-order valence-corrected chi connectivity index (χ3v) is 3.16. The topological polar surface area (TPSA) is 64.7 Å². The summed E-state index contributed by atoms with van der Waals surface area (Å²) in [6, 6.07) is 3.96. The minimum absolute atomic E-state index is 0.619. The van der Waals surface area contributed by atoms with Gasteiger partial charge in [0.1, 0.15) is 5.03 Å². The third-order valence-electron chi connectivity index (χ3n) is 2.21. The number of rotatable bonds is 4. The van der Waals surface area contributed by atoms with Crippen LogP contribution < -0.4 is 5.73 Å². The Morgan fingerprint density at radius 2 is 2.00 bits per heavy atom. The smallest absolute Gasteiger partial charge is 0.193 e. The number of hydrogen-bond donors (Lipinski definition) is 1. The van der Waals surface area contributed by atoms with E-state index in [1.165, 1.54) is 11.8 Å². The maximum absolute atomic E-state index is 5.57. The minimum Gasteiger partial charge on any atom is -0.330 e. The minimum atomic E-state index is 0.619. The van der Waals surface area contributed by atoms with Crippen molar-refractivity contribution < 1.29 is 0 Å². The summed E-state index contributed by atoms with van der Waals surface area (Å²) in [6.45, 7) is 2.59. The molecule has 0 bridgehead atoms. The highest BCUT2D eigenvalue weighted by molar-refractivity contribution is 7.99. The fourth-order valence-electron chi connectivity index (χ4n) is 1.38. The Morgan fingerprint density at radius 3 is 2.71 bits per heavy atom. The molecule has 0 aromatic carbocycles. The molecule has 0 spiro atoms. The van der Waals surface area contributed by atoms with Crippen LogP contribution in [0.4, 0.5) is 0 Å². The Labute approximate surface area is 105 Å². The number of aromatic nitrogens is 3. The van der Waals surface area contributed by atoms with Crippen LogP contribution in [-0.4, -0.2) is 21.5 Å². The lowest BCUT2D eigenvalue weighted by Gasteiger charge is -2.05. The summed E-state index contributed by atoms with van der Waals surface area (Å²) in [5.41, 5.74) is 7.77. The second kappa shape index (κ2) is 5.75. The van der Waals surface area contributed by atoms with Crippen LogP contribution in [0, 0.1) is 6.92 Å². The summed E-state index contributed by atoms with van der Waals surface area (Å²) in [7, 11) is 0. The maximum atomic E-state index is 5.57. The SMILES string of the molecule is Cc1cnc(Sc2ncccc2CCN)nc1. The van der Waals surface area contributed by atoms with E-state index < -0.39 is 0 Å². The summed E-state index contributed by atoms with van der Waals surface area (Å²) in [4.78, 5) is 12.9. The average Bonchev–Trinajstić information content (AvgIpc) is 2.35. The molecule has 2 N–H and O–H groups in total. The summed E-state index contributed by atoms with van der Waals surface area (Å²) in [5.74, 6) is 0. The second-order valence-corrected chi connectivity index (χ2v) is 4.61. The molecule has 0 atom stereocenters. The lowest BCUT2D eigenvalue weighted by molar-refractivity contribution is 0.900. The standard InChI is InChI=1S/C12H14N4S/c1-9-7-15-12(16-8-9)17-11-10(4-5-13)3-2-6-14-11/h2-3,6-8H,4-5,13H2,1H3. The first kappa shape index (κ1) is 12.0. The van der Waals surface area contributed by atoms with Crippen LogP contribution in [0.15, 0.2) is 40.9 Å². The van der Waals surface area contributed by atoms with Crippen molar-refractivity contribution in [1.29, 1.82) is 0 Å². The lowest BCUT2D eigenvalue weighted by Crippen LogP contribution is -2.04. The fourth-order valence-corrected chi connectivity index (χ4v) is 2.18. The van der Waals surface area contributed by atoms with Gasteiger partial charge in [-0.3, -0.25) is 0 Å². The van der Waals surface area contributed by atoms with Crippen LogP contribution in [0.3, 0.4) is 0 Å². The summed E-state index contributed by atoms with van der Waals surface area (Å²) in [6.07, 6.45) is 6.21. The van der Waals surface area contributed by atoms with Gasteiger partial charge in [-0.2, -0.15) is 0 Å². The first-order valence-corrected chi connectivity index (χ1v) is 6.21. The lowest BCUT2D eigenvalue weighted by atomic mass is 10.2. The van der Waals surface area contributed by atoms with Crippen molar-refractivity contribution in [2.45, 2.75) is 23.5 Å². The Bertz CT molecular complexity index is 484. The van der Waals surface area contributed by atoms with Gasteiger partial charge in [-0.05, 0) is 48.8 Å². The van der Waals surface area contributed by atoms with Crippen molar-refractivity contribution >= 4 is 11.8 Å². The first-order chi connectivity index (χ1) is 8.29. The Balaban J connectivity index is 2.20. The molecule has 17 heavy (non-hydrogen) atoms. The van der Waals surface area contributed by atoms with Gasteiger partial charge in [0.05, 0.1) is 0 Å². The predicted molar refractivity (Wildman–Crippen MR) is 67.9 cm³/mol.